The summed E-state index contributed by atoms with van der Waals surface area (Å²) < 4.78 is 16.7. The lowest BCUT2D eigenvalue weighted by Gasteiger charge is -2.46. The molecule has 4 aliphatic rings. The quantitative estimate of drug-likeness (QED) is 0.162. The Morgan fingerprint density at radius 1 is 0.514 bits per heavy atom. The number of thiophene rings is 1. The molecule has 10 aromatic rings. The third-order valence-electron chi connectivity index (χ3n) is 17.7. The maximum atomic E-state index is 7.22. The summed E-state index contributed by atoms with van der Waals surface area (Å²) in [5, 5.41) is 5.85. The molecule has 2 aliphatic carbocycles. The van der Waals surface area contributed by atoms with Crippen LogP contribution in [0.5, 0.6) is 0 Å². The third-order valence-corrected chi connectivity index (χ3v) is 18.9. The predicted octanol–water partition coefficient (Wildman–Crippen LogP) is 17.4. The molecule has 0 bridgehead atoms. The monoisotopic (exact) mass is 932 g/mol. The Hall–Kier alpha value is -6.24. The van der Waals surface area contributed by atoms with Gasteiger partial charge in [0.25, 0.3) is 0 Å². The number of benzene rings is 7. The van der Waals surface area contributed by atoms with Gasteiger partial charge in [-0.15, -0.1) is 11.3 Å². The van der Waals surface area contributed by atoms with Gasteiger partial charge in [0.2, 0.25) is 0 Å². The Morgan fingerprint density at radius 2 is 1.10 bits per heavy atom. The normalized spacial score (nSPS) is 18.4. The van der Waals surface area contributed by atoms with Crippen LogP contribution in [0.15, 0.2) is 130 Å². The molecular formula is C64H61BN2O2S. The lowest BCUT2D eigenvalue weighted by atomic mass is 9.46. The first kappa shape index (κ1) is 42.6. The zero-order valence-electron chi connectivity index (χ0n) is 42.6. The van der Waals surface area contributed by atoms with Crippen molar-refractivity contribution in [3.05, 3.63) is 149 Å². The molecule has 0 atom stereocenters. The van der Waals surface area contributed by atoms with Gasteiger partial charge in [0.1, 0.15) is 22.3 Å². The van der Waals surface area contributed by atoms with Crippen LogP contribution in [-0.2, 0) is 27.1 Å². The molecule has 0 radical (unpaired) electrons. The van der Waals surface area contributed by atoms with Crippen molar-refractivity contribution in [3.63, 3.8) is 0 Å². The van der Waals surface area contributed by atoms with Crippen molar-refractivity contribution < 1.29 is 8.83 Å². The summed E-state index contributed by atoms with van der Waals surface area (Å²) in [5.74, 6) is 0. The van der Waals surface area contributed by atoms with E-state index in [4.69, 9.17) is 8.83 Å². The largest absolute Gasteiger partial charge is 0.456 e. The van der Waals surface area contributed by atoms with Gasteiger partial charge in [0.05, 0.1) is 5.69 Å². The zero-order valence-corrected chi connectivity index (χ0v) is 43.4. The van der Waals surface area contributed by atoms with Gasteiger partial charge in [0, 0.05) is 76.4 Å². The van der Waals surface area contributed by atoms with Crippen LogP contribution in [-0.4, -0.2) is 6.85 Å². The van der Waals surface area contributed by atoms with Gasteiger partial charge in [-0.1, -0.05) is 131 Å². The fourth-order valence-corrected chi connectivity index (χ4v) is 14.7. The molecule has 0 unspecified atom stereocenters. The second-order valence-corrected chi connectivity index (χ2v) is 26.1. The topological polar surface area (TPSA) is 32.8 Å². The van der Waals surface area contributed by atoms with E-state index in [0.29, 0.717) is 0 Å². The first-order valence-corrected chi connectivity index (χ1v) is 26.5. The highest BCUT2D eigenvalue weighted by Crippen LogP contribution is 2.57. The number of fused-ring (bicyclic) bond motifs is 15. The minimum atomic E-state index is -0.174. The van der Waals surface area contributed by atoms with E-state index in [1.54, 1.807) is 0 Å². The average molecular weight is 933 g/mol. The molecule has 6 heteroatoms. The standard InChI is InChI=1S/C64H61BN2O2S/c1-60(2,3)36-20-22-37(23-21-36)67-49-35-53-41(39-16-12-14-18-51(39)68-53)31-43(49)55-56-50(33-42-40-17-13-15-19-52(40)69-58(42)55)66(38-24-25-45-46(30-38)62(6,7)27-26-61(45,4)5)57-44-32-47-48(34-54(44)70-59(57)65(56)67)64(10,11)29-28-63(47,8)9/h12-25,30-35H,26-29H2,1-11H3. The van der Waals surface area contributed by atoms with Crippen molar-refractivity contribution in [1.82, 2.24) is 0 Å². The molecule has 70 heavy (non-hydrogen) atoms. The summed E-state index contributed by atoms with van der Waals surface area (Å²) in [7, 11) is 0. The average Bonchev–Trinajstić information content (AvgIpc) is 4.02. The van der Waals surface area contributed by atoms with E-state index in [2.05, 4.69) is 207 Å². The Balaban J connectivity index is 1.17. The molecule has 3 aromatic heterocycles. The number of hydrogen-bond acceptors (Lipinski definition) is 5. The second-order valence-electron chi connectivity index (χ2n) is 25.0. The number of anilines is 5. The Bertz CT molecular complexity index is 3910. The molecule has 0 amide bonds. The van der Waals surface area contributed by atoms with Crippen molar-refractivity contribution in [3.8, 4) is 11.1 Å². The second kappa shape index (κ2) is 13.8. The number of para-hydroxylation sites is 2. The van der Waals surface area contributed by atoms with Crippen molar-refractivity contribution >= 4 is 111 Å². The van der Waals surface area contributed by atoms with Gasteiger partial charge < -0.3 is 18.5 Å². The zero-order chi connectivity index (χ0) is 48.2. The van der Waals surface area contributed by atoms with Crippen molar-refractivity contribution in [2.75, 3.05) is 9.71 Å². The van der Waals surface area contributed by atoms with E-state index >= 15 is 0 Å². The smallest absolute Gasteiger partial charge is 0.343 e. The number of nitrogens with zero attached hydrogens (tertiary/aromatic N) is 2. The molecule has 0 fully saturated rings. The minimum Gasteiger partial charge on any atom is -0.456 e. The van der Waals surface area contributed by atoms with Gasteiger partial charge in [-0.25, -0.2) is 0 Å². The third kappa shape index (κ3) is 5.77. The molecule has 348 valence electrons. The van der Waals surface area contributed by atoms with Crippen LogP contribution in [0.2, 0.25) is 0 Å². The highest BCUT2D eigenvalue weighted by Gasteiger charge is 2.50. The van der Waals surface area contributed by atoms with Gasteiger partial charge in [-0.2, -0.15) is 0 Å². The molecule has 7 aromatic carbocycles. The first-order chi connectivity index (χ1) is 33.3. The molecule has 2 aliphatic heterocycles. The van der Waals surface area contributed by atoms with Crippen molar-refractivity contribution in [1.29, 1.82) is 0 Å². The summed E-state index contributed by atoms with van der Waals surface area (Å²) in [5.41, 5.74) is 20.8. The van der Waals surface area contributed by atoms with Crippen molar-refractivity contribution in [2.45, 2.75) is 129 Å². The van der Waals surface area contributed by atoms with Gasteiger partial charge in [-0.3, -0.25) is 0 Å². The van der Waals surface area contributed by atoms with E-state index in [-0.39, 0.29) is 33.9 Å². The molecule has 4 nitrogen and oxygen atoms in total. The lowest BCUT2D eigenvalue weighted by Crippen LogP contribution is -2.60. The van der Waals surface area contributed by atoms with Crippen LogP contribution in [0.1, 0.15) is 130 Å². The number of rotatable bonds is 2. The summed E-state index contributed by atoms with van der Waals surface area (Å²) in [6.07, 6.45) is 4.67. The van der Waals surface area contributed by atoms with Crippen molar-refractivity contribution in [2.24, 2.45) is 0 Å². The SMILES string of the molecule is CC(C)(C)c1ccc(N2B3c4sc5cc6c(cc5c4N(c4ccc5c(c4)C(C)(C)CCC5(C)C)c4cc5c(oc7ccccc75)c(c43)-c3cc4c(cc32)oc2ccccc24)C(C)(C)CCC6(C)C)cc1. The molecule has 0 saturated carbocycles. The maximum absolute atomic E-state index is 7.22. The van der Waals surface area contributed by atoms with E-state index in [1.807, 2.05) is 11.3 Å². The predicted molar refractivity (Wildman–Crippen MR) is 299 cm³/mol. The molecule has 0 N–H and O–H groups in total. The van der Waals surface area contributed by atoms with Crippen LogP contribution in [0.25, 0.3) is 65.1 Å². The minimum absolute atomic E-state index is 0.00868. The molecule has 0 saturated heterocycles. The summed E-state index contributed by atoms with van der Waals surface area (Å²) in [4.78, 5) is 5.36. The molecule has 14 rings (SSSR count). The Kier molecular flexibility index (Phi) is 8.40. The van der Waals surface area contributed by atoms with Gasteiger partial charge >= 0.3 is 6.85 Å². The Labute approximate surface area is 416 Å². The number of hydrogen-bond donors (Lipinski definition) is 0. The molecule has 5 heterocycles. The highest BCUT2D eigenvalue weighted by atomic mass is 32.1. The van der Waals surface area contributed by atoms with E-state index < -0.39 is 0 Å². The summed E-state index contributed by atoms with van der Waals surface area (Å²) in [6, 6.07) is 46.6. The Morgan fingerprint density at radius 3 is 1.77 bits per heavy atom. The number of furan rings is 2. The fraction of sp³-hybridized carbons (Fsp3) is 0.312. The summed E-state index contributed by atoms with van der Waals surface area (Å²) >= 11 is 2.00. The molecular weight excluding hydrogens is 872 g/mol. The first-order valence-electron chi connectivity index (χ1n) is 25.7. The van der Waals surface area contributed by atoms with Crippen LogP contribution in [0, 0.1) is 0 Å². The van der Waals surface area contributed by atoms with E-state index in [9.17, 15) is 0 Å². The van der Waals surface area contributed by atoms with Gasteiger partial charge in [0.15, 0.2) is 0 Å². The maximum Gasteiger partial charge on any atom is 0.343 e. The van der Waals surface area contributed by atoms with Crippen LogP contribution < -0.4 is 20.0 Å². The lowest BCUT2D eigenvalue weighted by molar-refractivity contribution is 0.332. The summed E-state index contributed by atoms with van der Waals surface area (Å²) in [6.45, 7) is 26.4. The van der Waals surface area contributed by atoms with E-state index in [1.165, 1.54) is 83.6 Å². The fourth-order valence-electron chi connectivity index (χ4n) is 13.4. The van der Waals surface area contributed by atoms with Gasteiger partial charge in [-0.05, 0) is 147 Å². The van der Waals surface area contributed by atoms with E-state index in [0.717, 1.165) is 73.7 Å². The van der Waals surface area contributed by atoms with Crippen LogP contribution >= 0.6 is 11.3 Å². The van der Waals surface area contributed by atoms with Crippen LogP contribution in [0.3, 0.4) is 0 Å². The highest BCUT2D eigenvalue weighted by molar-refractivity contribution is 7.32. The molecule has 0 spiro atoms. The van der Waals surface area contributed by atoms with Crippen LogP contribution in [0.4, 0.5) is 28.4 Å².